The molecule has 0 aromatic rings. The van der Waals surface area contributed by atoms with Crippen LogP contribution in [0.2, 0.25) is 0 Å². The van der Waals surface area contributed by atoms with E-state index < -0.39 is 0 Å². The summed E-state index contributed by atoms with van der Waals surface area (Å²) in [6, 6.07) is 2.12. The highest BCUT2D eigenvalue weighted by Gasteiger charge is 2.49. The number of nitrogens with two attached hydrogens (primary N) is 1. The highest BCUT2D eigenvalue weighted by molar-refractivity contribution is 5.80. The number of rotatable bonds is 3. The van der Waals surface area contributed by atoms with Crippen molar-refractivity contribution in [3.63, 3.8) is 0 Å². The molecule has 2 N–H and O–H groups in total. The summed E-state index contributed by atoms with van der Waals surface area (Å²) in [4.78, 5) is 13.9. The number of nitriles is 1. The van der Waals surface area contributed by atoms with Gasteiger partial charge in [-0.1, -0.05) is 0 Å². The topological polar surface area (TPSA) is 70.1 Å². The van der Waals surface area contributed by atoms with Gasteiger partial charge in [0.05, 0.1) is 18.4 Å². The minimum absolute atomic E-state index is 0.0162. The van der Waals surface area contributed by atoms with Crippen LogP contribution >= 0.6 is 0 Å². The lowest BCUT2D eigenvalue weighted by atomic mass is 9.84. The van der Waals surface area contributed by atoms with Crippen molar-refractivity contribution in [3.05, 3.63) is 0 Å². The molecule has 0 aromatic heterocycles. The molecule has 0 saturated heterocycles. The Hall–Kier alpha value is -1.08. The summed E-state index contributed by atoms with van der Waals surface area (Å²) in [5.74, 6) is 1.22. The number of nitrogens with zero attached hydrogens (tertiary/aromatic N) is 2. The standard InChI is InChI=1S/C12H19N3O/c1-15(6-2-5-13)12(16)10-8-3-4-9(7-8)11(10)14/h8-11H,2-4,6-7,14H2,1H3. The number of carbonyl (C=O) groups is 1. The summed E-state index contributed by atoms with van der Waals surface area (Å²) in [6.07, 6.45) is 3.88. The van der Waals surface area contributed by atoms with Crippen molar-refractivity contribution in [2.24, 2.45) is 23.5 Å². The number of amides is 1. The van der Waals surface area contributed by atoms with Crippen molar-refractivity contribution in [2.45, 2.75) is 31.7 Å². The smallest absolute Gasteiger partial charge is 0.227 e. The number of carbonyl (C=O) groups excluding carboxylic acids is 1. The molecule has 4 atom stereocenters. The van der Waals surface area contributed by atoms with Gasteiger partial charge >= 0.3 is 0 Å². The molecule has 88 valence electrons. The van der Waals surface area contributed by atoms with Crippen LogP contribution in [0.25, 0.3) is 0 Å². The van der Waals surface area contributed by atoms with E-state index in [-0.39, 0.29) is 17.9 Å². The van der Waals surface area contributed by atoms with E-state index in [1.165, 1.54) is 6.42 Å². The number of fused-ring (bicyclic) bond motifs is 2. The molecule has 2 fully saturated rings. The van der Waals surface area contributed by atoms with Crippen LogP contribution in [0.1, 0.15) is 25.7 Å². The maximum Gasteiger partial charge on any atom is 0.227 e. The lowest BCUT2D eigenvalue weighted by molar-refractivity contribution is -0.136. The molecule has 4 unspecified atom stereocenters. The molecular formula is C12H19N3O. The molecule has 2 aliphatic carbocycles. The molecule has 2 aliphatic rings. The van der Waals surface area contributed by atoms with Gasteiger partial charge in [-0.25, -0.2) is 0 Å². The summed E-state index contributed by atoms with van der Waals surface area (Å²) >= 11 is 0. The third-order valence-electron chi connectivity index (χ3n) is 4.20. The molecule has 4 heteroatoms. The van der Waals surface area contributed by atoms with Gasteiger partial charge in [-0.15, -0.1) is 0 Å². The number of hydrogen-bond acceptors (Lipinski definition) is 3. The van der Waals surface area contributed by atoms with Crippen LogP contribution in [-0.4, -0.2) is 30.4 Å². The van der Waals surface area contributed by atoms with Crippen molar-refractivity contribution in [1.82, 2.24) is 4.90 Å². The predicted octanol–water partition coefficient (Wildman–Crippen LogP) is 0.732. The summed E-state index contributed by atoms with van der Waals surface area (Å²) in [5.41, 5.74) is 6.12. The minimum atomic E-state index is 0.0162. The van der Waals surface area contributed by atoms with Crippen LogP contribution in [0.3, 0.4) is 0 Å². The fraction of sp³-hybridized carbons (Fsp3) is 0.833. The first kappa shape index (κ1) is 11.4. The maximum atomic E-state index is 12.2. The highest BCUT2D eigenvalue weighted by Crippen LogP contribution is 2.48. The van der Waals surface area contributed by atoms with Crippen molar-refractivity contribution in [3.8, 4) is 6.07 Å². The zero-order chi connectivity index (χ0) is 11.7. The molecule has 0 spiro atoms. The molecule has 0 aliphatic heterocycles. The normalized spacial score (nSPS) is 36.1. The zero-order valence-corrected chi connectivity index (χ0v) is 9.72. The minimum Gasteiger partial charge on any atom is -0.344 e. The number of hydrogen-bond donors (Lipinski definition) is 1. The second-order valence-electron chi connectivity index (χ2n) is 5.10. The van der Waals surface area contributed by atoms with E-state index in [4.69, 9.17) is 11.0 Å². The lowest BCUT2D eigenvalue weighted by Crippen LogP contribution is -2.46. The monoisotopic (exact) mass is 221 g/mol. The van der Waals surface area contributed by atoms with Gasteiger partial charge in [-0.3, -0.25) is 4.79 Å². The first-order valence-electron chi connectivity index (χ1n) is 6.02. The van der Waals surface area contributed by atoms with Gasteiger partial charge in [0.1, 0.15) is 0 Å². The summed E-state index contributed by atoms with van der Waals surface area (Å²) in [6.45, 7) is 0.524. The van der Waals surface area contributed by atoms with E-state index in [9.17, 15) is 4.79 Å². The van der Waals surface area contributed by atoms with Gasteiger partial charge in [0.15, 0.2) is 0 Å². The summed E-state index contributed by atoms with van der Waals surface area (Å²) in [7, 11) is 1.78. The van der Waals surface area contributed by atoms with E-state index in [0.717, 1.165) is 12.8 Å². The summed E-state index contributed by atoms with van der Waals surface area (Å²) in [5, 5.41) is 8.51. The maximum absolute atomic E-state index is 12.2. The Bertz CT molecular complexity index is 321. The molecule has 0 heterocycles. The Labute approximate surface area is 96.4 Å². The first-order chi connectivity index (χ1) is 7.65. The van der Waals surface area contributed by atoms with Crippen LogP contribution in [-0.2, 0) is 4.79 Å². The second kappa shape index (κ2) is 4.42. The molecule has 16 heavy (non-hydrogen) atoms. The quantitative estimate of drug-likeness (QED) is 0.763. The predicted molar refractivity (Wildman–Crippen MR) is 60.2 cm³/mol. The van der Waals surface area contributed by atoms with E-state index in [1.807, 2.05) is 0 Å². The Morgan fingerprint density at radius 2 is 2.19 bits per heavy atom. The van der Waals surface area contributed by atoms with Crippen molar-refractivity contribution in [1.29, 1.82) is 5.26 Å². The molecule has 1 amide bonds. The van der Waals surface area contributed by atoms with E-state index >= 15 is 0 Å². The molecular weight excluding hydrogens is 202 g/mol. The van der Waals surface area contributed by atoms with Crippen LogP contribution in [0.5, 0.6) is 0 Å². The van der Waals surface area contributed by atoms with Crippen molar-refractivity contribution >= 4 is 5.91 Å². The highest BCUT2D eigenvalue weighted by atomic mass is 16.2. The van der Waals surface area contributed by atoms with E-state index in [1.54, 1.807) is 11.9 Å². The second-order valence-corrected chi connectivity index (χ2v) is 5.10. The Morgan fingerprint density at radius 1 is 1.50 bits per heavy atom. The average molecular weight is 221 g/mol. The van der Waals surface area contributed by atoms with Crippen LogP contribution in [0, 0.1) is 29.1 Å². The molecule has 0 aromatic carbocycles. The molecule has 2 saturated carbocycles. The van der Waals surface area contributed by atoms with Gasteiger partial charge < -0.3 is 10.6 Å². The van der Waals surface area contributed by atoms with Gasteiger partial charge in [0.25, 0.3) is 0 Å². The molecule has 4 nitrogen and oxygen atoms in total. The third-order valence-corrected chi connectivity index (χ3v) is 4.20. The van der Waals surface area contributed by atoms with Gasteiger partial charge in [0.2, 0.25) is 5.91 Å². The summed E-state index contributed by atoms with van der Waals surface area (Å²) < 4.78 is 0. The average Bonchev–Trinajstić information content (AvgIpc) is 2.85. The SMILES string of the molecule is CN(CCC#N)C(=O)C1C2CCC(C2)C1N. The van der Waals surface area contributed by atoms with Crippen molar-refractivity contribution < 1.29 is 4.79 Å². The first-order valence-corrected chi connectivity index (χ1v) is 6.02. The van der Waals surface area contributed by atoms with Gasteiger partial charge in [-0.05, 0) is 31.1 Å². The van der Waals surface area contributed by atoms with Gasteiger partial charge in [-0.2, -0.15) is 5.26 Å². The Balaban J connectivity index is 1.97. The fourth-order valence-corrected chi connectivity index (χ4v) is 3.28. The van der Waals surface area contributed by atoms with Gasteiger partial charge in [0, 0.05) is 19.6 Å². The van der Waals surface area contributed by atoms with Crippen LogP contribution in [0.15, 0.2) is 0 Å². The van der Waals surface area contributed by atoms with E-state index in [2.05, 4.69) is 6.07 Å². The lowest BCUT2D eigenvalue weighted by Gasteiger charge is -2.30. The third kappa shape index (κ3) is 1.80. The van der Waals surface area contributed by atoms with Crippen molar-refractivity contribution in [2.75, 3.05) is 13.6 Å². The van der Waals surface area contributed by atoms with E-state index in [0.29, 0.717) is 24.8 Å². The zero-order valence-electron chi connectivity index (χ0n) is 9.72. The molecule has 2 rings (SSSR count). The van der Waals surface area contributed by atoms with Crippen LogP contribution in [0.4, 0.5) is 0 Å². The Morgan fingerprint density at radius 3 is 2.75 bits per heavy atom. The van der Waals surface area contributed by atoms with Crippen LogP contribution < -0.4 is 5.73 Å². The molecule has 2 bridgehead atoms. The largest absolute Gasteiger partial charge is 0.344 e. The fourth-order valence-electron chi connectivity index (χ4n) is 3.28. The molecule has 0 radical (unpaired) electrons. The Kier molecular flexibility index (Phi) is 3.15.